The molecular weight excluding hydrogens is 635 g/mol. The number of rotatable bonds is 5. The van der Waals surface area contributed by atoms with Gasteiger partial charge in [0.15, 0.2) is 0 Å². The van der Waals surface area contributed by atoms with Crippen molar-refractivity contribution >= 4 is 17.1 Å². The number of fused-ring (bicyclic) bond motifs is 2. The molecule has 5 nitrogen and oxygen atoms in total. The molecule has 8 rings (SSSR count). The lowest BCUT2D eigenvalue weighted by Crippen LogP contribution is -2.31. The first-order chi connectivity index (χ1) is 24.8. The van der Waals surface area contributed by atoms with E-state index in [1.807, 2.05) is 19.4 Å². The maximum Gasteiger partial charge on any atom is 0.139 e. The van der Waals surface area contributed by atoms with Crippen LogP contribution in [0.4, 0.5) is 17.1 Å². The highest BCUT2D eigenvalue weighted by molar-refractivity contribution is 5.90. The third-order valence-electron chi connectivity index (χ3n) is 10.7. The Balaban J connectivity index is 1.41. The van der Waals surface area contributed by atoms with Crippen molar-refractivity contribution in [1.82, 2.24) is 19.3 Å². The first-order valence-electron chi connectivity index (χ1n) is 18.2. The Labute approximate surface area is 308 Å². The van der Waals surface area contributed by atoms with Gasteiger partial charge in [-0.3, -0.25) is 0 Å². The second-order valence-corrected chi connectivity index (χ2v) is 16.0. The zero-order valence-corrected chi connectivity index (χ0v) is 31.8. The molecule has 0 aliphatic carbocycles. The fourth-order valence-corrected chi connectivity index (χ4v) is 8.45. The second-order valence-electron chi connectivity index (χ2n) is 16.0. The van der Waals surface area contributed by atoms with E-state index in [0.29, 0.717) is 0 Å². The molecule has 2 aromatic heterocycles. The Kier molecular flexibility index (Phi) is 7.87. The molecule has 0 atom stereocenters. The van der Waals surface area contributed by atoms with Crippen molar-refractivity contribution in [2.45, 2.75) is 66.2 Å². The minimum atomic E-state index is -0.225. The molecule has 52 heavy (non-hydrogen) atoms. The number of hydrogen-bond donors (Lipinski definition) is 0. The second kappa shape index (κ2) is 12.2. The monoisotopic (exact) mass is 681 g/mol. The third-order valence-corrected chi connectivity index (χ3v) is 10.7. The van der Waals surface area contributed by atoms with Crippen LogP contribution in [-0.4, -0.2) is 19.3 Å². The van der Waals surface area contributed by atoms with E-state index in [1.165, 1.54) is 50.3 Å². The summed E-state index contributed by atoms with van der Waals surface area (Å²) in [5, 5.41) is 5.57. The molecule has 0 unspecified atom stereocenters. The van der Waals surface area contributed by atoms with Crippen molar-refractivity contribution in [3.8, 4) is 39.5 Å². The van der Waals surface area contributed by atoms with Crippen molar-refractivity contribution < 1.29 is 0 Å². The maximum absolute atomic E-state index is 5.57. The van der Waals surface area contributed by atoms with Crippen LogP contribution in [0.3, 0.4) is 0 Å². The molecule has 260 valence electrons. The number of imidazole rings is 1. The van der Waals surface area contributed by atoms with Gasteiger partial charge < -0.3 is 9.47 Å². The first kappa shape index (κ1) is 33.5. The lowest BCUT2D eigenvalue weighted by atomic mass is 9.73. The van der Waals surface area contributed by atoms with Gasteiger partial charge in [-0.2, -0.15) is 5.10 Å². The van der Waals surface area contributed by atoms with Gasteiger partial charge >= 0.3 is 0 Å². The van der Waals surface area contributed by atoms with Crippen LogP contribution in [0.15, 0.2) is 122 Å². The number of anilines is 3. The highest BCUT2D eigenvalue weighted by Gasteiger charge is 2.38. The molecule has 0 bridgehead atoms. The molecule has 5 aromatic carbocycles. The van der Waals surface area contributed by atoms with Gasteiger partial charge in [0, 0.05) is 52.6 Å². The number of hydrogen-bond acceptors (Lipinski definition) is 3. The van der Waals surface area contributed by atoms with Gasteiger partial charge in [-0.05, 0) is 78.9 Å². The molecule has 0 N–H and O–H groups in total. The van der Waals surface area contributed by atoms with Crippen molar-refractivity contribution in [3.63, 3.8) is 0 Å². The van der Waals surface area contributed by atoms with Gasteiger partial charge in [0.05, 0.1) is 22.8 Å². The van der Waals surface area contributed by atoms with Crippen molar-refractivity contribution in [1.29, 1.82) is 0 Å². The van der Waals surface area contributed by atoms with Crippen molar-refractivity contribution in [3.05, 3.63) is 155 Å². The number of para-hydroxylation sites is 1. The summed E-state index contributed by atoms with van der Waals surface area (Å²) in [5.41, 5.74) is 17.3. The third kappa shape index (κ3) is 5.38. The van der Waals surface area contributed by atoms with E-state index in [2.05, 4.69) is 184 Å². The molecule has 0 saturated heterocycles. The molecule has 0 saturated carbocycles. The summed E-state index contributed by atoms with van der Waals surface area (Å²) in [7, 11) is 2.05. The predicted octanol–water partition coefficient (Wildman–Crippen LogP) is 11.9. The summed E-state index contributed by atoms with van der Waals surface area (Å²) in [4.78, 5) is 7.11. The number of aromatic nitrogens is 4. The molecule has 0 fully saturated rings. The van der Waals surface area contributed by atoms with Gasteiger partial charge in [-0.25, -0.2) is 9.67 Å². The highest BCUT2D eigenvalue weighted by Crippen LogP contribution is 2.53. The summed E-state index contributed by atoms with van der Waals surface area (Å²) in [6, 6.07) is 39.8. The fourth-order valence-electron chi connectivity index (χ4n) is 8.45. The Morgan fingerprint density at radius 1 is 0.635 bits per heavy atom. The molecule has 1 aliphatic heterocycles. The van der Waals surface area contributed by atoms with Gasteiger partial charge in [0.25, 0.3) is 0 Å². The van der Waals surface area contributed by atoms with E-state index in [4.69, 9.17) is 5.10 Å². The van der Waals surface area contributed by atoms with E-state index in [9.17, 15) is 0 Å². The number of aryl methyl sites for hydroxylation is 4. The standard InChI is InChI=1S/C47H47N5/c1-30-26-31(2)41(32(3)27-30)42-43(33-16-11-10-12-17-33)49-52(44(42)46(4,5)6)36-22-23-38-40(29-36)51(39-21-14-13-20-37(39)47(38,7)8)35-19-15-18-34(28-35)45-48-24-25-50(45)9/h10-29H,1-9H3. The minimum absolute atomic E-state index is 0.217. The van der Waals surface area contributed by atoms with E-state index in [1.54, 1.807) is 0 Å². The van der Waals surface area contributed by atoms with Crippen LogP contribution < -0.4 is 4.90 Å². The van der Waals surface area contributed by atoms with Crippen LogP contribution in [0.2, 0.25) is 0 Å². The highest BCUT2D eigenvalue weighted by atomic mass is 15.3. The molecule has 0 amide bonds. The van der Waals surface area contributed by atoms with Crippen LogP contribution in [0.1, 0.15) is 68.1 Å². The molecule has 0 radical (unpaired) electrons. The Morgan fingerprint density at radius 2 is 1.31 bits per heavy atom. The lowest BCUT2D eigenvalue weighted by molar-refractivity contribution is 0.545. The fraction of sp³-hybridized carbons (Fsp3) is 0.234. The zero-order chi connectivity index (χ0) is 36.5. The molecule has 0 spiro atoms. The zero-order valence-electron chi connectivity index (χ0n) is 31.8. The smallest absolute Gasteiger partial charge is 0.139 e. The van der Waals surface area contributed by atoms with E-state index in [0.717, 1.165) is 39.7 Å². The molecule has 3 heterocycles. The Morgan fingerprint density at radius 3 is 2.00 bits per heavy atom. The van der Waals surface area contributed by atoms with Crippen molar-refractivity contribution in [2.24, 2.45) is 7.05 Å². The maximum atomic E-state index is 5.57. The average molecular weight is 682 g/mol. The quantitative estimate of drug-likeness (QED) is 0.181. The Bertz CT molecular complexity index is 2450. The SMILES string of the molecule is Cc1cc(C)c(-c2c(-c3ccccc3)nn(-c3ccc4c(c3)N(c3cccc(-c5nccn5C)c3)c3ccccc3C4(C)C)c2C(C)(C)C)c(C)c1. The summed E-state index contributed by atoms with van der Waals surface area (Å²) in [6.45, 7) is 18.3. The lowest BCUT2D eigenvalue weighted by Gasteiger charge is -2.42. The van der Waals surface area contributed by atoms with Gasteiger partial charge in [0.2, 0.25) is 0 Å². The van der Waals surface area contributed by atoms with Crippen LogP contribution >= 0.6 is 0 Å². The molecule has 5 heteroatoms. The minimum Gasteiger partial charge on any atom is -0.334 e. The van der Waals surface area contributed by atoms with E-state index >= 15 is 0 Å². The number of nitrogens with zero attached hydrogens (tertiary/aromatic N) is 5. The van der Waals surface area contributed by atoms with Crippen LogP contribution in [0, 0.1) is 20.8 Å². The summed E-state index contributed by atoms with van der Waals surface area (Å²) >= 11 is 0. The van der Waals surface area contributed by atoms with E-state index < -0.39 is 0 Å². The normalized spacial score (nSPS) is 13.6. The first-order valence-corrected chi connectivity index (χ1v) is 18.2. The van der Waals surface area contributed by atoms with Gasteiger partial charge in [0.1, 0.15) is 11.5 Å². The molecule has 7 aromatic rings. The predicted molar refractivity (Wildman–Crippen MR) is 216 cm³/mol. The van der Waals surface area contributed by atoms with Crippen LogP contribution in [0.5, 0.6) is 0 Å². The molecule has 1 aliphatic rings. The van der Waals surface area contributed by atoms with Crippen LogP contribution in [-0.2, 0) is 17.9 Å². The van der Waals surface area contributed by atoms with Crippen LogP contribution in [0.25, 0.3) is 39.5 Å². The largest absolute Gasteiger partial charge is 0.334 e. The summed E-state index contributed by atoms with van der Waals surface area (Å²) < 4.78 is 4.30. The topological polar surface area (TPSA) is 38.9 Å². The van der Waals surface area contributed by atoms with E-state index in [-0.39, 0.29) is 10.8 Å². The molecular formula is C47H47N5. The Hall–Kier alpha value is -5.68. The van der Waals surface area contributed by atoms with Gasteiger partial charge in [-0.1, -0.05) is 119 Å². The average Bonchev–Trinajstić information content (AvgIpc) is 3.73. The summed E-state index contributed by atoms with van der Waals surface area (Å²) in [5.74, 6) is 0.940. The number of benzene rings is 5. The van der Waals surface area contributed by atoms with Crippen molar-refractivity contribution in [2.75, 3.05) is 4.90 Å². The summed E-state index contributed by atoms with van der Waals surface area (Å²) in [6.07, 6.45) is 3.85. The van der Waals surface area contributed by atoms with Gasteiger partial charge in [-0.15, -0.1) is 0 Å².